The highest BCUT2D eigenvalue weighted by molar-refractivity contribution is 6.25. The summed E-state index contributed by atoms with van der Waals surface area (Å²) in [4.78, 5) is 64.7. The largest absolute Gasteiger partial charge is 0.290 e. The van der Waals surface area contributed by atoms with E-state index in [2.05, 4.69) is 16.0 Å². The number of carbonyl (C=O) groups excluding carboxylic acids is 4. The first-order chi connectivity index (χ1) is 17.9. The van der Waals surface area contributed by atoms with E-state index in [4.69, 9.17) is 0 Å². The number of imide groups is 1. The standard InChI is InChI=1S/C27H23N5O5/c1-2-32-27(37)18-11-4-3-10-17(18)23(30-32)24(34)29-28-21(33)14-7-15-31-25(35)19-12-5-8-16-9-6-13-20(22(16)19)26(31)36/h3-6,8-13H,2,7,14-15H2,1H3,(H,28,33)(H,29,34). The number of benzene rings is 3. The molecule has 186 valence electrons. The number of fused-ring (bicyclic) bond motifs is 1. The van der Waals surface area contributed by atoms with Crippen LogP contribution in [-0.2, 0) is 11.3 Å². The van der Waals surface area contributed by atoms with Crippen LogP contribution in [0.3, 0.4) is 0 Å². The van der Waals surface area contributed by atoms with Gasteiger partial charge in [0.25, 0.3) is 23.3 Å². The van der Waals surface area contributed by atoms with E-state index in [1.54, 1.807) is 55.5 Å². The number of hydrazine groups is 1. The molecule has 2 heterocycles. The maximum atomic E-state index is 13.0. The first-order valence-corrected chi connectivity index (χ1v) is 11.9. The molecule has 10 nitrogen and oxygen atoms in total. The average Bonchev–Trinajstić information content (AvgIpc) is 2.92. The lowest BCUT2D eigenvalue weighted by Crippen LogP contribution is -2.44. The van der Waals surface area contributed by atoms with Gasteiger partial charge in [-0.2, -0.15) is 5.10 Å². The van der Waals surface area contributed by atoms with Crippen LogP contribution in [0.4, 0.5) is 0 Å². The Morgan fingerprint density at radius 3 is 2.14 bits per heavy atom. The summed E-state index contributed by atoms with van der Waals surface area (Å²) in [7, 11) is 0. The third-order valence-corrected chi connectivity index (χ3v) is 6.34. The lowest BCUT2D eigenvalue weighted by molar-refractivity contribution is -0.122. The molecule has 4 amide bonds. The molecule has 2 N–H and O–H groups in total. The molecule has 37 heavy (non-hydrogen) atoms. The van der Waals surface area contributed by atoms with Crippen LogP contribution in [0.5, 0.6) is 0 Å². The maximum absolute atomic E-state index is 13.0. The predicted molar refractivity (Wildman–Crippen MR) is 136 cm³/mol. The molecule has 3 aromatic carbocycles. The Morgan fingerprint density at radius 2 is 1.49 bits per heavy atom. The van der Waals surface area contributed by atoms with E-state index in [0.717, 1.165) is 10.3 Å². The third kappa shape index (κ3) is 4.22. The number of nitrogens with zero attached hydrogens (tertiary/aromatic N) is 3. The molecule has 0 spiro atoms. The summed E-state index contributed by atoms with van der Waals surface area (Å²) < 4.78 is 1.18. The van der Waals surface area contributed by atoms with E-state index in [0.29, 0.717) is 27.3 Å². The second-order valence-electron chi connectivity index (χ2n) is 8.59. The summed E-state index contributed by atoms with van der Waals surface area (Å²) in [5.74, 6) is -1.96. The molecule has 0 unspecified atom stereocenters. The van der Waals surface area contributed by atoms with Crippen LogP contribution in [0, 0.1) is 0 Å². The summed E-state index contributed by atoms with van der Waals surface area (Å²) >= 11 is 0. The van der Waals surface area contributed by atoms with Crippen LogP contribution in [0.15, 0.2) is 65.5 Å². The summed E-state index contributed by atoms with van der Waals surface area (Å²) in [6.07, 6.45) is 0.172. The number of nitrogens with one attached hydrogen (secondary N) is 2. The molecule has 0 saturated carbocycles. The predicted octanol–water partition coefficient (Wildman–Crippen LogP) is 2.41. The highest BCUT2D eigenvalue weighted by Gasteiger charge is 2.32. The molecule has 5 rings (SSSR count). The zero-order valence-electron chi connectivity index (χ0n) is 20.0. The zero-order chi connectivity index (χ0) is 26.1. The number of rotatable bonds is 6. The van der Waals surface area contributed by atoms with Crippen molar-refractivity contribution in [1.82, 2.24) is 25.5 Å². The molecular weight excluding hydrogens is 474 g/mol. The van der Waals surface area contributed by atoms with Crippen LogP contribution < -0.4 is 16.4 Å². The van der Waals surface area contributed by atoms with Crippen molar-refractivity contribution in [1.29, 1.82) is 0 Å². The van der Waals surface area contributed by atoms with E-state index < -0.39 is 23.6 Å². The first-order valence-electron chi connectivity index (χ1n) is 11.9. The molecule has 1 aliphatic heterocycles. The third-order valence-electron chi connectivity index (χ3n) is 6.34. The minimum Gasteiger partial charge on any atom is -0.274 e. The fourth-order valence-corrected chi connectivity index (χ4v) is 4.55. The van der Waals surface area contributed by atoms with Gasteiger partial charge in [-0.1, -0.05) is 42.5 Å². The van der Waals surface area contributed by atoms with Gasteiger partial charge in [-0.05, 0) is 36.9 Å². The number of hydrogen-bond acceptors (Lipinski definition) is 6. The Balaban J connectivity index is 1.21. The van der Waals surface area contributed by atoms with E-state index in [-0.39, 0.29) is 37.2 Å². The minimum atomic E-state index is -0.669. The quantitative estimate of drug-likeness (QED) is 0.311. The van der Waals surface area contributed by atoms with Crippen molar-refractivity contribution in [3.05, 3.63) is 87.8 Å². The van der Waals surface area contributed by atoms with Gasteiger partial charge in [0.1, 0.15) is 0 Å². The molecule has 0 aliphatic carbocycles. The van der Waals surface area contributed by atoms with Crippen LogP contribution in [0.25, 0.3) is 21.5 Å². The van der Waals surface area contributed by atoms with E-state index in [1.807, 2.05) is 12.1 Å². The normalized spacial score (nSPS) is 12.7. The zero-order valence-corrected chi connectivity index (χ0v) is 20.0. The van der Waals surface area contributed by atoms with Gasteiger partial charge in [0, 0.05) is 41.4 Å². The van der Waals surface area contributed by atoms with Crippen molar-refractivity contribution in [2.45, 2.75) is 26.3 Å². The minimum absolute atomic E-state index is 0.00898. The maximum Gasteiger partial charge on any atom is 0.290 e. The molecule has 4 aromatic rings. The Labute approximate surface area is 210 Å². The summed E-state index contributed by atoms with van der Waals surface area (Å²) in [6.45, 7) is 2.07. The van der Waals surface area contributed by atoms with Crippen molar-refractivity contribution < 1.29 is 19.2 Å². The lowest BCUT2D eigenvalue weighted by atomic mass is 9.94. The van der Waals surface area contributed by atoms with Crippen molar-refractivity contribution in [3.8, 4) is 0 Å². The SMILES string of the molecule is CCn1nc(C(=O)NNC(=O)CCCN2C(=O)c3cccc4cccc(c34)C2=O)c2ccccc2c1=O. The molecule has 0 atom stereocenters. The number of aromatic nitrogens is 2. The Morgan fingerprint density at radius 1 is 0.838 bits per heavy atom. The Bertz CT molecular complexity index is 1610. The molecule has 0 saturated heterocycles. The van der Waals surface area contributed by atoms with Crippen molar-refractivity contribution in [3.63, 3.8) is 0 Å². The highest BCUT2D eigenvalue weighted by Crippen LogP contribution is 2.30. The van der Waals surface area contributed by atoms with E-state index in [1.165, 1.54) is 4.68 Å². The second-order valence-corrected chi connectivity index (χ2v) is 8.59. The molecule has 1 aromatic heterocycles. The van der Waals surface area contributed by atoms with Gasteiger partial charge >= 0.3 is 0 Å². The highest BCUT2D eigenvalue weighted by atomic mass is 16.2. The van der Waals surface area contributed by atoms with Crippen LogP contribution in [0.1, 0.15) is 51.0 Å². The molecule has 0 radical (unpaired) electrons. The topological polar surface area (TPSA) is 130 Å². The summed E-state index contributed by atoms with van der Waals surface area (Å²) in [5, 5.41) is 6.33. The summed E-state index contributed by atoms with van der Waals surface area (Å²) in [6, 6.07) is 17.3. The second kappa shape index (κ2) is 9.65. The number of aryl methyl sites for hydroxylation is 1. The van der Waals surface area contributed by atoms with E-state index >= 15 is 0 Å². The lowest BCUT2D eigenvalue weighted by Gasteiger charge is -2.27. The van der Waals surface area contributed by atoms with Crippen molar-refractivity contribution in [2.75, 3.05) is 6.54 Å². The smallest absolute Gasteiger partial charge is 0.274 e. The van der Waals surface area contributed by atoms with Gasteiger partial charge in [-0.15, -0.1) is 0 Å². The molecule has 0 bridgehead atoms. The first kappa shape index (κ1) is 23.9. The van der Waals surface area contributed by atoms with Crippen LogP contribution in [0.2, 0.25) is 0 Å². The Kier molecular flexibility index (Phi) is 6.22. The summed E-state index contributed by atoms with van der Waals surface area (Å²) in [5.41, 5.74) is 5.28. The van der Waals surface area contributed by atoms with Crippen LogP contribution in [-0.4, -0.2) is 44.9 Å². The fourth-order valence-electron chi connectivity index (χ4n) is 4.55. The number of amides is 4. The number of carbonyl (C=O) groups is 4. The number of hydrogen-bond donors (Lipinski definition) is 2. The molecule has 1 aliphatic rings. The van der Waals surface area contributed by atoms with Gasteiger partial charge in [0.15, 0.2) is 5.69 Å². The molecule has 0 fully saturated rings. The van der Waals surface area contributed by atoms with Gasteiger partial charge in [0.2, 0.25) is 5.91 Å². The van der Waals surface area contributed by atoms with Crippen molar-refractivity contribution >= 4 is 45.2 Å². The van der Waals surface area contributed by atoms with Gasteiger partial charge < -0.3 is 0 Å². The fraction of sp³-hybridized carbons (Fsp3) is 0.185. The van der Waals surface area contributed by atoms with Crippen molar-refractivity contribution in [2.24, 2.45) is 0 Å². The monoisotopic (exact) mass is 497 g/mol. The molecule has 10 heteroatoms. The molecular formula is C27H23N5O5. The van der Waals surface area contributed by atoms with Gasteiger partial charge in [-0.3, -0.25) is 39.7 Å². The van der Waals surface area contributed by atoms with Gasteiger partial charge in [-0.25, -0.2) is 4.68 Å². The Hall–Kier alpha value is -4.86. The average molecular weight is 498 g/mol. The van der Waals surface area contributed by atoms with Crippen LogP contribution >= 0.6 is 0 Å². The van der Waals surface area contributed by atoms with E-state index in [9.17, 15) is 24.0 Å². The van der Waals surface area contributed by atoms with Gasteiger partial charge in [0.05, 0.1) is 5.39 Å².